The molecule has 17 heavy (non-hydrogen) atoms. The van der Waals surface area contributed by atoms with E-state index in [1.807, 2.05) is 0 Å². The molecule has 0 saturated heterocycles. The summed E-state index contributed by atoms with van der Waals surface area (Å²) >= 11 is 3.14. The number of hydrogen-bond donors (Lipinski definition) is 1. The van der Waals surface area contributed by atoms with Gasteiger partial charge in [-0.2, -0.15) is 5.10 Å². The fourth-order valence-electron chi connectivity index (χ4n) is 1.65. The molecule has 0 fully saturated rings. The van der Waals surface area contributed by atoms with Crippen molar-refractivity contribution in [3.05, 3.63) is 34.7 Å². The molecule has 0 aliphatic heterocycles. The first kappa shape index (κ1) is 12.1. The third-order valence-electron chi connectivity index (χ3n) is 2.56. The number of hydrazone groups is 1. The van der Waals surface area contributed by atoms with E-state index < -0.39 is 0 Å². The predicted molar refractivity (Wildman–Crippen MR) is 68.8 cm³/mol. The molecular weight excluding hydrogens is 284 g/mol. The Bertz CT molecular complexity index is 451. The van der Waals surface area contributed by atoms with Gasteiger partial charge in [0.15, 0.2) is 10.4 Å². The molecular formula is C12H13BrN2O2. The van der Waals surface area contributed by atoms with E-state index in [1.54, 1.807) is 18.3 Å². The summed E-state index contributed by atoms with van der Waals surface area (Å²) in [7, 11) is 0. The van der Waals surface area contributed by atoms with Crippen LogP contribution in [0.3, 0.4) is 0 Å². The predicted octanol–water partition coefficient (Wildman–Crippen LogP) is 3.11. The summed E-state index contributed by atoms with van der Waals surface area (Å²) in [6.45, 7) is 0. The van der Waals surface area contributed by atoms with E-state index in [-0.39, 0.29) is 11.7 Å². The van der Waals surface area contributed by atoms with Gasteiger partial charge in [-0.3, -0.25) is 4.79 Å². The number of amides is 1. The van der Waals surface area contributed by atoms with Gasteiger partial charge < -0.3 is 4.42 Å². The zero-order chi connectivity index (χ0) is 12.1. The number of carbonyl (C=O) groups excluding carboxylic acids is 1. The van der Waals surface area contributed by atoms with Crippen LogP contribution in [0.25, 0.3) is 0 Å². The summed E-state index contributed by atoms with van der Waals surface area (Å²) in [6, 6.07) is 3.27. The van der Waals surface area contributed by atoms with Gasteiger partial charge in [-0.1, -0.05) is 12.2 Å². The highest BCUT2D eigenvalue weighted by Gasteiger charge is 2.10. The van der Waals surface area contributed by atoms with Crippen molar-refractivity contribution in [3.63, 3.8) is 0 Å². The van der Waals surface area contributed by atoms with Crippen molar-refractivity contribution < 1.29 is 9.21 Å². The third-order valence-corrected chi connectivity index (χ3v) is 2.98. The number of halogens is 1. The first-order valence-corrected chi connectivity index (χ1v) is 6.29. The van der Waals surface area contributed by atoms with Crippen LogP contribution in [0, 0.1) is 5.92 Å². The van der Waals surface area contributed by atoms with E-state index in [0.29, 0.717) is 10.6 Å². The Morgan fingerprint density at radius 2 is 2.41 bits per heavy atom. The molecule has 1 N–H and O–H groups in total. The summed E-state index contributed by atoms with van der Waals surface area (Å²) in [5.74, 6) is 0.333. The SMILES string of the molecule is O=C(N/N=C/C1CC=CCC1)c1ccc(Br)o1. The van der Waals surface area contributed by atoms with Crippen LogP contribution >= 0.6 is 15.9 Å². The van der Waals surface area contributed by atoms with Crippen LogP contribution in [0.1, 0.15) is 29.8 Å². The van der Waals surface area contributed by atoms with E-state index in [4.69, 9.17) is 4.42 Å². The zero-order valence-corrected chi connectivity index (χ0v) is 10.8. The van der Waals surface area contributed by atoms with Gasteiger partial charge in [-0.05, 0) is 53.2 Å². The molecule has 5 heteroatoms. The Morgan fingerprint density at radius 1 is 1.53 bits per heavy atom. The van der Waals surface area contributed by atoms with Crippen LogP contribution in [0.5, 0.6) is 0 Å². The maximum atomic E-state index is 11.5. The fourth-order valence-corrected chi connectivity index (χ4v) is 1.95. The molecule has 1 aliphatic rings. The third kappa shape index (κ3) is 3.56. The minimum Gasteiger partial charge on any atom is -0.444 e. The molecule has 0 saturated carbocycles. The van der Waals surface area contributed by atoms with E-state index in [9.17, 15) is 4.79 Å². The number of nitrogens with zero attached hydrogens (tertiary/aromatic N) is 1. The Morgan fingerprint density at radius 3 is 3.06 bits per heavy atom. The van der Waals surface area contributed by atoms with Crippen LogP contribution in [-0.2, 0) is 0 Å². The van der Waals surface area contributed by atoms with Crippen molar-refractivity contribution >= 4 is 28.1 Å². The lowest BCUT2D eigenvalue weighted by Crippen LogP contribution is -2.18. The number of rotatable bonds is 3. The van der Waals surface area contributed by atoms with E-state index in [2.05, 4.69) is 38.6 Å². The maximum Gasteiger partial charge on any atom is 0.307 e. The second-order valence-electron chi connectivity index (χ2n) is 3.87. The second-order valence-corrected chi connectivity index (χ2v) is 4.65. The van der Waals surface area contributed by atoms with Gasteiger partial charge in [-0.25, -0.2) is 5.43 Å². The Labute approximate surface area is 108 Å². The minimum absolute atomic E-state index is 0.248. The Hall–Kier alpha value is -1.36. The number of furan rings is 1. The van der Waals surface area contributed by atoms with Gasteiger partial charge in [0.05, 0.1) is 0 Å². The summed E-state index contributed by atoms with van der Waals surface area (Å²) in [5, 5.41) is 3.95. The summed E-state index contributed by atoms with van der Waals surface area (Å²) in [5.41, 5.74) is 2.45. The summed E-state index contributed by atoms with van der Waals surface area (Å²) < 4.78 is 5.64. The van der Waals surface area contributed by atoms with E-state index in [1.165, 1.54) is 0 Å². The van der Waals surface area contributed by atoms with Crippen molar-refractivity contribution in [2.75, 3.05) is 0 Å². The quantitative estimate of drug-likeness (QED) is 0.529. The van der Waals surface area contributed by atoms with Crippen molar-refractivity contribution in [1.29, 1.82) is 0 Å². The highest BCUT2D eigenvalue weighted by Crippen LogP contribution is 2.16. The largest absolute Gasteiger partial charge is 0.444 e. The molecule has 1 atom stereocenters. The standard InChI is InChI=1S/C12H13BrN2O2/c13-11-7-6-10(17-11)12(16)15-14-8-9-4-2-1-3-5-9/h1-2,6-9H,3-5H2,(H,15,16)/b14-8+. The van der Waals surface area contributed by atoms with Crippen LogP contribution in [0.2, 0.25) is 0 Å². The second kappa shape index (κ2) is 5.82. The molecule has 0 spiro atoms. The molecule has 1 unspecified atom stereocenters. The Kier molecular flexibility index (Phi) is 4.14. The first-order chi connectivity index (χ1) is 8.25. The fraction of sp³-hybridized carbons (Fsp3) is 0.333. The smallest absolute Gasteiger partial charge is 0.307 e. The number of allylic oxidation sites excluding steroid dienone is 2. The summed E-state index contributed by atoms with van der Waals surface area (Å²) in [4.78, 5) is 11.5. The van der Waals surface area contributed by atoms with Gasteiger partial charge >= 0.3 is 5.91 Å². The molecule has 2 rings (SSSR count). The normalized spacial score (nSPS) is 19.7. The van der Waals surface area contributed by atoms with E-state index in [0.717, 1.165) is 19.3 Å². The molecule has 1 heterocycles. The molecule has 1 amide bonds. The average Bonchev–Trinajstić information content (AvgIpc) is 2.77. The number of nitrogens with one attached hydrogen (secondary N) is 1. The molecule has 1 aromatic rings. The highest BCUT2D eigenvalue weighted by atomic mass is 79.9. The van der Waals surface area contributed by atoms with Gasteiger partial charge in [0, 0.05) is 6.21 Å². The molecule has 1 aromatic heterocycles. The van der Waals surface area contributed by atoms with Crippen LogP contribution in [0.15, 0.2) is 38.5 Å². The number of hydrogen-bond acceptors (Lipinski definition) is 3. The minimum atomic E-state index is -0.335. The molecule has 90 valence electrons. The zero-order valence-electron chi connectivity index (χ0n) is 9.23. The molecule has 0 radical (unpaired) electrons. The lowest BCUT2D eigenvalue weighted by Gasteiger charge is -2.11. The topological polar surface area (TPSA) is 54.6 Å². The van der Waals surface area contributed by atoms with Crippen molar-refractivity contribution in [2.45, 2.75) is 19.3 Å². The lowest BCUT2D eigenvalue weighted by molar-refractivity contribution is 0.0926. The van der Waals surface area contributed by atoms with Gasteiger partial charge in [-0.15, -0.1) is 0 Å². The molecule has 4 nitrogen and oxygen atoms in total. The molecule has 1 aliphatic carbocycles. The first-order valence-electron chi connectivity index (χ1n) is 5.49. The molecule has 0 aromatic carbocycles. The van der Waals surface area contributed by atoms with Gasteiger partial charge in [0.1, 0.15) is 0 Å². The van der Waals surface area contributed by atoms with E-state index >= 15 is 0 Å². The lowest BCUT2D eigenvalue weighted by atomic mass is 9.96. The summed E-state index contributed by atoms with van der Waals surface area (Å²) in [6.07, 6.45) is 9.26. The van der Waals surface area contributed by atoms with Crippen molar-refractivity contribution in [1.82, 2.24) is 5.43 Å². The van der Waals surface area contributed by atoms with Crippen LogP contribution < -0.4 is 5.43 Å². The van der Waals surface area contributed by atoms with Gasteiger partial charge in [0.2, 0.25) is 0 Å². The number of carbonyl (C=O) groups is 1. The monoisotopic (exact) mass is 296 g/mol. The maximum absolute atomic E-state index is 11.5. The van der Waals surface area contributed by atoms with Crippen molar-refractivity contribution in [3.8, 4) is 0 Å². The van der Waals surface area contributed by atoms with Crippen LogP contribution in [-0.4, -0.2) is 12.1 Å². The average molecular weight is 297 g/mol. The molecule has 0 bridgehead atoms. The van der Waals surface area contributed by atoms with Gasteiger partial charge in [0.25, 0.3) is 0 Å². The van der Waals surface area contributed by atoms with Crippen molar-refractivity contribution in [2.24, 2.45) is 11.0 Å². The highest BCUT2D eigenvalue weighted by molar-refractivity contribution is 9.10. The van der Waals surface area contributed by atoms with Crippen LogP contribution in [0.4, 0.5) is 0 Å². The Balaban J connectivity index is 1.83.